The summed E-state index contributed by atoms with van der Waals surface area (Å²) in [4.78, 5) is 24.2. The first-order chi connectivity index (χ1) is 8.04. The number of likely N-dealkylation sites (N-methyl/N-ethyl adjacent to an activating group) is 1. The van der Waals surface area contributed by atoms with E-state index in [1.807, 2.05) is 26.0 Å². The first kappa shape index (κ1) is 13.2. The third kappa shape index (κ3) is 3.90. The fourth-order valence-electron chi connectivity index (χ4n) is 1.60. The van der Waals surface area contributed by atoms with Crippen molar-refractivity contribution in [1.82, 2.24) is 5.32 Å². The molecule has 4 heteroatoms. The molecule has 0 aromatic heterocycles. The summed E-state index contributed by atoms with van der Waals surface area (Å²) >= 11 is 0. The lowest BCUT2D eigenvalue weighted by molar-refractivity contribution is -0.120. The summed E-state index contributed by atoms with van der Waals surface area (Å²) < 4.78 is 0. The summed E-state index contributed by atoms with van der Waals surface area (Å²) in [5.74, 6) is -0.0526. The third-order valence-electron chi connectivity index (χ3n) is 2.31. The Bertz CT molecular complexity index is 402. The standard InChI is InChI=1S/C13H18N2O2/c1-10(2)14-13(17)8-15(3)12-7-5-4-6-11(12)9-16/h4-7,9-10H,8H2,1-3H3,(H,14,17). The van der Waals surface area contributed by atoms with Crippen molar-refractivity contribution in [3.8, 4) is 0 Å². The predicted molar refractivity (Wildman–Crippen MR) is 68.4 cm³/mol. The topological polar surface area (TPSA) is 49.4 Å². The van der Waals surface area contributed by atoms with Gasteiger partial charge < -0.3 is 10.2 Å². The Kier molecular flexibility index (Phi) is 4.69. The van der Waals surface area contributed by atoms with Gasteiger partial charge in [-0.1, -0.05) is 12.1 Å². The van der Waals surface area contributed by atoms with Crippen molar-refractivity contribution in [2.24, 2.45) is 0 Å². The van der Waals surface area contributed by atoms with Crippen LogP contribution < -0.4 is 10.2 Å². The molecule has 0 atom stereocenters. The highest BCUT2D eigenvalue weighted by Crippen LogP contribution is 2.16. The summed E-state index contributed by atoms with van der Waals surface area (Å²) in [6.45, 7) is 4.07. The largest absolute Gasteiger partial charge is 0.365 e. The fraction of sp³-hybridized carbons (Fsp3) is 0.385. The predicted octanol–water partition coefficient (Wildman–Crippen LogP) is 1.46. The number of nitrogens with one attached hydrogen (secondary N) is 1. The fourth-order valence-corrected chi connectivity index (χ4v) is 1.60. The molecule has 17 heavy (non-hydrogen) atoms. The van der Waals surface area contributed by atoms with Crippen LogP contribution >= 0.6 is 0 Å². The van der Waals surface area contributed by atoms with Crippen LogP contribution in [0.25, 0.3) is 0 Å². The quantitative estimate of drug-likeness (QED) is 0.785. The molecule has 0 heterocycles. The van der Waals surface area contributed by atoms with Crippen molar-refractivity contribution in [3.05, 3.63) is 29.8 Å². The lowest BCUT2D eigenvalue weighted by Crippen LogP contribution is -2.38. The van der Waals surface area contributed by atoms with Gasteiger partial charge >= 0.3 is 0 Å². The summed E-state index contributed by atoms with van der Waals surface area (Å²) in [7, 11) is 1.79. The molecule has 0 fully saturated rings. The molecule has 0 aliphatic heterocycles. The molecule has 1 aromatic carbocycles. The number of rotatable bonds is 5. The van der Waals surface area contributed by atoms with Crippen LogP contribution in [0.5, 0.6) is 0 Å². The molecule has 0 aliphatic rings. The highest BCUT2D eigenvalue weighted by Gasteiger charge is 2.10. The SMILES string of the molecule is CC(C)NC(=O)CN(C)c1ccccc1C=O. The molecule has 0 unspecified atom stereocenters. The molecule has 1 rings (SSSR count). The number of carbonyl (C=O) groups excluding carboxylic acids is 2. The van der Waals surface area contributed by atoms with Crippen molar-refractivity contribution in [3.63, 3.8) is 0 Å². The minimum absolute atomic E-state index is 0.0526. The lowest BCUT2D eigenvalue weighted by atomic mass is 10.2. The maximum absolute atomic E-state index is 11.6. The van der Waals surface area contributed by atoms with E-state index in [2.05, 4.69) is 5.32 Å². The lowest BCUT2D eigenvalue weighted by Gasteiger charge is -2.21. The van der Waals surface area contributed by atoms with E-state index in [0.29, 0.717) is 5.56 Å². The van der Waals surface area contributed by atoms with Crippen LogP contribution in [0.3, 0.4) is 0 Å². The molecule has 0 saturated carbocycles. The van der Waals surface area contributed by atoms with E-state index >= 15 is 0 Å². The van der Waals surface area contributed by atoms with Gasteiger partial charge in [-0.2, -0.15) is 0 Å². The molecular weight excluding hydrogens is 216 g/mol. The Balaban J connectivity index is 2.72. The summed E-state index contributed by atoms with van der Waals surface area (Å²) in [6.07, 6.45) is 0.798. The number of carbonyl (C=O) groups is 2. The Morgan fingerprint density at radius 1 is 1.41 bits per heavy atom. The van der Waals surface area contributed by atoms with Gasteiger partial charge in [0.25, 0.3) is 0 Å². The number of hydrogen-bond donors (Lipinski definition) is 1. The monoisotopic (exact) mass is 234 g/mol. The minimum Gasteiger partial charge on any atom is -0.365 e. The van der Waals surface area contributed by atoms with Crippen LogP contribution in [0.15, 0.2) is 24.3 Å². The van der Waals surface area contributed by atoms with E-state index in [1.54, 1.807) is 24.1 Å². The zero-order valence-electron chi connectivity index (χ0n) is 10.4. The van der Waals surface area contributed by atoms with Gasteiger partial charge in [0.15, 0.2) is 6.29 Å². The normalized spacial score (nSPS) is 10.1. The van der Waals surface area contributed by atoms with Crippen LogP contribution in [-0.4, -0.2) is 31.8 Å². The van der Waals surface area contributed by atoms with Gasteiger partial charge in [-0.05, 0) is 26.0 Å². The van der Waals surface area contributed by atoms with E-state index in [4.69, 9.17) is 0 Å². The zero-order chi connectivity index (χ0) is 12.8. The Labute approximate surface area is 102 Å². The second kappa shape index (κ2) is 6.03. The highest BCUT2D eigenvalue weighted by atomic mass is 16.2. The van der Waals surface area contributed by atoms with E-state index < -0.39 is 0 Å². The minimum atomic E-state index is -0.0526. The van der Waals surface area contributed by atoms with E-state index in [-0.39, 0.29) is 18.5 Å². The van der Waals surface area contributed by atoms with Crippen molar-refractivity contribution in [2.45, 2.75) is 19.9 Å². The van der Waals surface area contributed by atoms with Crippen LogP contribution in [-0.2, 0) is 4.79 Å². The second-order valence-corrected chi connectivity index (χ2v) is 4.25. The van der Waals surface area contributed by atoms with Crippen molar-refractivity contribution < 1.29 is 9.59 Å². The average Bonchev–Trinajstić information content (AvgIpc) is 2.27. The number of aldehydes is 1. The van der Waals surface area contributed by atoms with Gasteiger partial charge in [0.2, 0.25) is 5.91 Å². The molecule has 1 aromatic rings. The molecule has 1 N–H and O–H groups in total. The van der Waals surface area contributed by atoms with Crippen molar-refractivity contribution >= 4 is 17.9 Å². The molecule has 0 radical (unpaired) electrons. The number of amides is 1. The Hall–Kier alpha value is -1.84. The van der Waals surface area contributed by atoms with Crippen LogP contribution in [0.1, 0.15) is 24.2 Å². The molecule has 1 amide bonds. The van der Waals surface area contributed by atoms with Gasteiger partial charge in [0.1, 0.15) is 0 Å². The Morgan fingerprint density at radius 2 is 2.06 bits per heavy atom. The number of benzene rings is 1. The van der Waals surface area contributed by atoms with Crippen molar-refractivity contribution in [1.29, 1.82) is 0 Å². The summed E-state index contributed by atoms with van der Waals surface area (Å²) in [5.41, 5.74) is 1.36. The number of hydrogen-bond acceptors (Lipinski definition) is 3. The first-order valence-corrected chi connectivity index (χ1v) is 5.59. The van der Waals surface area contributed by atoms with E-state index in [9.17, 15) is 9.59 Å². The third-order valence-corrected chi connectivity index (χ3v) is 2.31. The number of anilines is 1. The number of para-hydroxylation sites is 1. The van der Waals surface area contributed by atoms with Crippen LogP contribution in [0.2, 0.25) is 0 Å². The second-order valence-electron chi connectivity index (χ2n) is 4.25. The maximum Gasteiger partial charge on any atom is 0.239 e. The van der Waals surface area contributed by atoms with Gasteiger partial charge in [-0.15, -0.1) is 0 Å². The molecule has 0 bridgehead atoms. The van der Waals surface area contributed by atoms with Gasteiger partial charge in [-0.3, -0.25) is 9.59 Å². The van der Waals surface area contributed by atoms with E-state index in [0.717, 1.165) is 12.0 Å². The van der Waals surface area contributed by atoms with Crippen molar-refractivity contribution in [2.75, 3.05) is 18.5 Å². The zero-order valence-corrected chi connectivity index (χ0v) is 10.4. The van der Waals surface area contributed by atoms with Gasteiger partial charge in [0.05, 0.1) is 6.54 Å². The molecule has 0 saturated heterocycles. The molecule has 0 aliphatic carbocycles. The van der Waals surface area contributed by atoms with Gasteiger partial charge in [-0.25, -0.2) is 0 Å². The maximum atomic E-state index is 11.6. The summed E-state index contributed by atoms with van der Waals surface area (Å²) in [6, 6.07) is 7.33. The first-order valence-electron chi connectivity index (χ1n) is 5.59. The number of nitrogens with zero attached hydrogens (tertiary/aromatic N) is 1. The van der Waals surface area contributed by atoms with E-state index in [1.165, 1.54) is 0 Å². The van der Waals surface area contributed by atoms with Crippen LogP contribution in [0, 0.1) is 0 Å². The molecule has 0 spiro atoms. The van der Waals surface area contributed by atoms with Gasteiger partial charge in [0, 0.05) is 24.3 Å². The Morgan fingerprint density at radius 3 is 2.65 bits per heavy atom. The highest BCUT2D eigenvalue weighted by molar-refractivity contribution is 5.87. The van der Waals surface area contributed by atoms with Crippen LogP contribution in [0.4, 0.5) is 5.69 Å². The molecule has 92 valence electrons. The molecular formula is C13H18N2O2. The molecule has 4 nitrogen and oxygen atoms in total. The summed E-state index contributed by atoms with van der Waals surface area (Å²) in [5, 5.41) is 2.81. The average molecular weight is 234 g/mol. The smallest absolute Gasteiger partial charge is 0.239 e.